The van der Waals surface area contributed by atoms with Crippen molar-refractivity contribution in [3.05, 3.63) is 35.2 Å². The quantitative estimate of drug-likeness (QED) is 0.851. The largest absolute Gasteiger partial charge is 0.459 e. The van der Waals surface area contributed by atoms with Gasteiger partial charge in [-0.3, -0.25) is 4.79 Å². The molecule has 2 aromatic rings. The third kappa shape index (κ3) is 3.17. The van der Waals surface area contributed by atoms with E-state index in [1.165, 1.54) is 6.92 Å². The van der Waals surface area contributed by atoms with Crippen LogP contribution in [0, 0.1) is 5.92 Å². The topological polar surface area (TPSA) is 72.7 Å². The van der Waals surface area contributed by atoms with Gasteiger partial charge in [-0.2, -0.15) is 0 Å². The zero-order valence-electron chi connectivity index (χ0n) is 13.0. The molecule has 122 valence electrons. The number of carbonyl (C=O) groups excluding carboxylic acids is 2. The zero-order chi connectivity index (χ0) is 16.6. The van der Waals surface area contributed by atoms with Crippen molar-refractivity contribution >= 4 is 29.1 Å². The third-order valence-corrected chi connectivity index (χ3v) is 4.40. The lowest BCUT2D eigenvalue weighted by Crippen LogP contribution is -2.54. The molecule has 2 aromatic heterocycles. The van der Waals surface area contributed by atoms with Gasteiger partial charge in [-0.15, -0.1) is 0 Å². The lowest BCUT2D eigenvalue weighted by molar-refractivity contribution is -0.155. The number of hydrogen-bond donors (Lipinski definition) is 1. The van der Waals surface area contributed by atoms with E-state index in [0.717, 1.165) is 18.4 Å². The van der Waals surface area contributed by atoms with E-state index in [2.05, 4.69) is 10.3 Å². The molecule has 23 heavy (non-hydrogen) atoms. The number of halogens is 1. The van der Waals surface area contributed by atoms with Crippen molar-refractivity contribution in [2.75, 3.05) is 0 Å². The van der Waals surface area contributed by atoms with E-state index in [1.54, 1.807) is 29.8 Å². The SMILES string of the molecule is CC(=O)N[C@](C)(C(=O)OCc1cc(Cl)c2nccn2c1)C1CC1. The molecule has 1 saturated carbocycles. The van der Waals surface area contributed by atoms with Gasteiger partial charge in [-0.25, -0.2) is 9.78 Å². The van der Waals surface area contributed by atoms with E-state index in [-0.39, 0.29) is 18.4 Å². The molecule has 0 saturated heterocycles. The van der Waals surface area contributed by atoms with Crippen molar-refractivity contribution in [1.29, 1.82) is 0 Å². The Morgan fingerprint density at radius 2 is 2.26 bits per heavy atom. The summed E-state index contributed by atoms with van der Waals surface area (Å²) in [4.78, 5) is 28.0. The first-order valence-electron chi connectivity index (χ1n) is 7.47. The first-order valence-corrected chi connectivity index (χ1v) is 7.85. The van der Waals surface area contributed by atoms with Gasteiger partial charge in [0.1, 0.15) is 12.1 Å². The van der Waals surface area contributed by atoms with Crippen LogP contribution in [0.25, 0.3) is 5.65 Å². The molecule has 0 bridgehead atoms. The van der Waals surface area contributed by atoms with Gasteiger partial charge >= 0.3 is 5.97 Å². The number of fused-ring (bicyclic) bond motifs is 1. The maximum absolute atomic E-state index is 12.5. The zero-order valence-corrected chi connectivity index (χ0v) is 13.8. The molecule has 1 fully saturated rings. The normalized spacial score (nSPS) is 16.8. The van der Waals surface area contributed by atoms with Crippen LogP contribution < -0.4 is 5.32 Å². The highest BCUT2D eigenvalue weighted by molar-refractivity contribution is 6.33. The average Bonchev–Trinajstić information content (AvgIpc) is 3.23. The maximum Gasteiger partial charge on any atom is 0.332 e. The summed E-state index contributed by atoms with van der Waals surface area (Å²) < 4.78 is 7.21. The molecule has 6 nitrogen and oxygen atoms in total. The Morgan fingerprint density at radius 3 is 2.91 bits per heavy atom. The Balaban J connectivity index is 1.72. The van der Waals surface area contributed by atoms with Crippen LogP contribution in [0.15, 0.2) is 24.7 Å². The number of carbonyl (C=O) groups is 2. The Kier molecular flexibility index (Phi) is 4.02. The van der Waals surface area contributed by atoms with E-state index >= 15 is 0 Å². The number of nitrogens with one attached hydrogen (secondary N) is 1. The van der Waals surface area contributed by atoms with Crippen LogP contribution in [0.1, 0.15) is 32.3 Å². The van der Waals surface area contributed by atoms with Gasteiger partial charge in [0.2, 0.25) is 5.91 Å². The maximum atomic E-state index is 12.5. The first kappa shape index (κ1) is 15.8. The summed E-state index contributed by atoms with van der Waals surface area (Å²) >= 11 is 6.16. The van der Waals surface area contributed by atoms with Gasteiger partial charge in [-0.1, -0.05) is 11.6 Å². The molecule has 7 heteroatoms. The smallest absolute Gasteiger partial charge is 0.332 e. The molecule has 0 aliphatic heterocycles. The number of hydrogen-bond acceptors (Lipinski definition) is 4. The molecule has 1 aliphatic rings. The van der Waals surface area contributed by atoms with Crippen LogP contribution in [0.2, 0.25) is 5.02 Å². The van der Waals surface area contributed by atoms with Crippen LogP contribution in [0.4, 0.5) is 0 Å². The number of amides is 1. The molecule has 0 unspecified atom stereocenters. The van der Waals surface area contributed by atoms with Crippen molar-refractivity contribution < 1.29 is 14.3 Å². The number of imidazole rings is 1. The van der Waals surface area contributed by atoms with Crippen molar-refractivity contribution in [1.82, 2.24) is 14.7 Å². The second-order valence-corrected chi connectivity index (χ2v) is 6.50. The predicted octanol–water partition coefficient (Wildman–Crippen LogP) is 2.34. The van der Waals surface area contributed by atoms with Crippen LogP contribution in [-0.2, 0) is 20.9 Å². The molecule has 0 radical (unpaired) electrons. The molecule has 1 N–H and O–H groups in total. The molecule has 2 heterocycles. The number of aromatic nitrogens is 2. The summed E-state index contributed by atoms with van der Waals surface area (Å²) in [5.41, 5.74) is 0.451. The Hall–Kier alpha value is -2.08. The van der Waals surface area contributed by atoms with Crippen LogP contribution in [0.5, 0.6) is 0 Å². The number of ether oxygens (including phenoxy) is 1. The van der Waals surface area contributed by atoms with E-state index in [4.69, 9.17) is 16.3 Å². The van der Waals surface area contributed by atoms with Gasteiger partial charge in [-0.05, 0) is 31.7 Å². The van der Waals surface area contributed by atoms with Crippen molar-refractivity contribution in [3.63, 3.8) is 0 Å². The lowest BCUT2D eigenvalue weighted by atomic mass is 9.96. The van der Waals surface area contributed by atoms with Crippen molar-refractivity contribution in [2.45, 2.75) is 38.8 Å². The summed E-state index contributed by atoms with van der Waals surface area (Å²) in [5, 5.41) is 3.23. The van der Waals surface area contributed by atoms with E-state index in [0.29, 0.717) is 10.7 Å². The number of rotatable bonds is 5. The minimum atomic E-state index is -0.964. The molecule has 0 aromatic carbocycles. The van der Waals surface area contributed by atoms with Gasteiger partial charge < -0.3 is 14.5 Å². The van der Waals surface area contributed by atoms with Gasteiger partial charge in [0, 0.05) is 31.1 Å². The number of pyridine rings is 1. The van der Waals surface area contributed by atoms with E-state index in [1.807, 2.05) is 6.20 Å². The average molecular weight is 336 g/mol. The predicted molar refractivity (Wildman–Crippen MR) is 84.9 cm³/mol. The summed E-state index contributed by atoms with van der Waals surface area (Å²) in [6.45, 7) is 3.22. The van der Waals surface area contributed by atoms with E-state index in [9.17, 15) is 9.59 Å². The highest BCUT2D eigenvalue weighted by Gasteiger charge is 2.49. The standard InChI is InChI=1S/C16H18ClN3O3/c1-10(21)19-16(2,12-3-4-12)15(22)23-9-11-7-13(17)14-18-5-6-20(14)8-11/h5-8,12H,3-4,9H2,1-2H3,(H,19,21)/t16-/m0/s1. The summed E-state index contributed by atoms with van der Waals surface area (Å²) in [6.07, 6.45) is 7.07. The molecule has 1 aliphatic carbocycles. The Labute approximate surface area is 138 Å². The number of esters is 1. The second kappa shape index (κ2) is 5.85. The van der Waals surface area contributed by atoms with Crippen LogP contribution >= 0.6 is 11.6 Å². The van der Waals surface area contributed by atoms with Crippen molar-refractivity contribution in [2.24, 2.45) is 5.92 Å². The van der Waals surface area contributed by atoms with Gasteiger partial charge in [0.25, 0.3) is 0 Å². The minimum Gasteiger partial charge on any atom is -0.459 e. The highest BCUT2D eigenvalue weighted by Crippen LogP contribution is 2.40. The highest BCUT2D eigenvalue weighted by atomic mass is 35.5. The molecule has 1 atom stereocenters. The monoisotopic (exact) mass is 335 g/mol. The molecular weight excluding hydrogens is 318 g/mol. The fourth-order valence-electron chi connectivity index (χ4n) is 2.77. The van der Waals surface area contributed by atoms with E-state index < -0.39 is 11.5 Å². The second-order valence-electron chi connectivity index (χ2n) is 6.09. The molecule has 1 amide bonds. The molecule has 3 rings (SSSR count). The van der Waals surface area contributed by atoms with Gasteiger partial charge in [0.05, 0.1) is 5.02 Å². The Bertz CT molecular complexity index is 769. The minimum absolute atomic E-state index is 0.0918. The third-order valence-electron chi connectivity index (χ3n) is 4.12. The lowest BCUT2D eigenvalue weighted by Gasteiger charge is -2.28. The fourth-order valence-corrected chi connectivity index (χ4v) is 3.06. The van der Waals surface area contributed by atoms with Crippen molar-refractivity contribution in [3.8, 4) is 0 Å². The molecule has 0 spiro atoms. The summed E-state index contributed by atoms with van der Waals surface area (Å²) in [5.74, 6) is -0.519. The Morgan fingerprint density at radius 1 is 1.52 bits per heavy atom. The van der Waals surface area contributed by atoms with Crippen LogP contribution in [-0.4, -0.2) is 26.8 Å². The fraction of sp³-hybridized carbons (Fsp3) is 0.438. The number of nitrogens with zero attached hydrogens (tertiary/aromatic N) is 2. The summed E-state index contributed by atoms with van der Waals surface area (Å²) in [6, 6.07) is 1.73. The van der Waals surface area contributed by atoms with Crippen LogP contribution in [0.3, 0.4) is 0 Å². The first-order chi connectivity index (χ1) is 10.9. The summed E-state index contributed by atoms with van der Waals surface area (Å²) in [7, 11) is 0. The van der Waals surface area contributed by atoms with Gasteiger partial charge in [0.15, 0.2) is 5.65 Å². The molecular formula is C16H18ClN3O3.